The van der Waals surface area contributed by atoms with Gasteiger partial charge in [0.2, 0.25) is 0 Å². The van der Waals surface area contributed by atoms with Gasteiger partial charge < -0.3 is 15.2 Å². The normalized spacial score (nSPS) is 19.8. The van der Waals surface area contributed by atoms with Gasteiger partial charge in [0.25, 0.3) is 0 Å². The minimum Gasteiger partial charge on any atom is -0.496 e. The Hall–Kier alpha value is -2.11. The molecule has 3 rings (SSSR count). The summed E-state index contributed by atoms with van der Waals surface area (Å²) in [4.78, 5) is 13.0. The fourth-order valence-corrected chi connectivity index (χ4v) is 3.57. The summed E-state index contributed by atoms with van der Waals surface area (Å²) < 4.78 is 5.54. The second-order valence-electron chi connectivity index (χ2n) is 6.67. The highest BCUT2D eigenvalue weighted by Gasteiger charge is 2.33. The average molecular weight is 342 g/mol. The van der Waals surface area contributed by atoms with Crippen LogP contribution in [0, 0.1) is 0 Å². The Labute approximate surface area is 148 Å². The number of benzene rings is 2. The molecule has 0 unspecified atom stereocenters. The van der Waals surface area contributed by atoms with Crippen LogP contribution in [0.15, 0.2) is 36.4 Å². The molecule has 0 heterocycles. The van der Waals surface area contributed by atoms with Gasteiger partial charge in [-0.15, -0.1) is 0 Å². The number of hydrogen-bond acceptors (Lipinski definition) is 4. The van der Waals surface area contributed by atoms with Crippen LogP contribution in [-0.2, 0) is 11.3 Å². The standard InChI is InChI=1S/C20H26N2O3/c1-3-22(13-20(23)24)18-10-17(11-18)21-12-16-8-14-6-4-5-7-15(14)9-19(16)25-2/h4-9,17-18,21H,3,10-13H2,1-2H3,(H,23,24). The molecular weight excluding hydrogens is 316 g/mol. The molecule has 0 amide bonds. The molecule has 0 aromatic heterocycles. The van der Waals surface area contributed by atoms with Crippen molar-refractivity contribution in [2.24, 2.45) is 0 Å². The third-order valence-corrected chi connectivity index (χ3v) is 5.10. The zero-order valence-corrected chi connectivity index (χ0v) is 14.9. The molecule has 0 aliphatic heterocycles. The Bertz CT molecular complexity index is 741. The molecule has 0 bridgehead atoms. The molecular formula is C20H26N2O3. The highest BCUT2D eigenvalue weighted by Crippen LogP contribution is 2.29. The summed E-state index contributed by atoms with van der Waals surface area (Å²) in [5, 5.41) is 15.0. The minimum atomic E-state index is -0.751. The number of likely N-dealkylation sites (N-methyl/N-ethyl adjacent to an activating group) is 1. The number of aliphatic carboxylic acids is 1. The molecule has 2 aromatic rings. The molecule has 2 N–H and O–H groups in total. The van der Waals surface area contributed by atoms with Crippen molar-refractivity contribution < 1.29 is 14.6 Å². The van der Waals surface area contributed by atoms with Crippen molar-refractivity contribution in [1.82, 2.24) is 10.2 Å². The van der Waals surface area contributed by atoms with Gasteiger partial charge in [0, 0.05) is 24.2 Å². The molecule has 1 saturated carbocycles. The molecule has 1 aliphatic carbocycles. The van der Waals surface area contributed by atoms with E-state index < -0.39 is 5.97 Å². The highest BCUT2D eigenvalue weighted by atomic mass is 16.5. The average Bonchev–Trinajstić information content (AvgIpc) is 2.58. The van der Waals surface area contributed by atoms with E-state index in [0.29, 0.717) is 12.1 Å². The van der Waals surface area contributed by atoms with E-state index in [9.17, 15) is 4.79 Å². The van der Waals surface area contributed by atoms with E-state index in [1.165, 1.54) is 10.8 Å². The number of carbonyl (C=O) groups is 1. The third kappa shape index (κ3) is 4.11. The third-order valence-electron chi connectivity index (χ3n) is 5.10. The zero-order valence-electron chi connectivity index (χ0n) is 14.9. The minimum absolute atomic E-state index is 0.131. The van der Waals surface area contributed by atoms with Gasteiger partial charge in [0.05, 0.1) is 13.7 Å². The van der Waals surface area contributed by atoms with Gasteiger partial charge in [0.15, 0.2) is 0 Å². The van der Waals surface area contributed by atoms with Crippen molar-refractivity contribution in [1.29, 1.82) is 0 Å². The first-order valence-electron chi connectivity index (χ1n) is 8.85. The predicted molar refractivity (Wildman–Crippen MR) is 99.0 cm³/mol. The largest absolute Gasteiger partial charge is 0.496 e. The van der Waals surface area contributed by atoms with Gasteiger partial charge >= 0.3 is 5.97 Å². The number of hydrogen-bond donors (Lipinski definition) is 2. The molecule has 0 atom stereocenters. The molecule has 25 heavy (non-hydrogen) atoms. The van der Waals surface area contributed by atoms with Crippen LogP contribution in [0.5, 0.6) is 5.75 Å². The highest BCUT2D eigenvalue weighted by molar-refractivity contribution is 5.85. The smallest absolute Gasteiger partial charge is 0.317 e. The van der Waals surface area contributed by atoms with Gasteiger partial charge in [-0.2, -0.15) is 0 Å². The first-order chi connectivity index (χ1) is 12.1. The molecule has 1 fully saturated rings. The van der Waals surface area contributed by atoms with Crippen LogP contribution in [0.4, 0.5) is 0 Å². The molecule has 1 aliphatic rings. The lowest BCUT2D eigenvalue weighted by Crippen LogP contribution is -2.53. The topological polar surface area (TPSA) is 61.8 Å². The first kappa shape index (κ1) is 17.7. The van der Waals surface area contributed by atoms with Gasteiger partial charge in [-0.05, 0) is 42.3 Å². The maximum Gasteiger partial charge on any atom is 0.317 e. The summed E-state index contributed by atoms with van der Waals surface area (Å²) in [7, 11) is 1.71. The van der Waals surface area contributed by atoms with Crippen molar-refractivity contribution in [3.05, 3.63) is 42.0 Å². The number of methoxy groups -OCH3 is 1. The number of carboxylic acid groups (broad SMARTS) is 1. The molecule has 2 aromatic carbocycles. The molecule has 5 nitrogen and oxygen atoms in total. The van der Waals surface area contributed by atoms with E-state index in [4.69, 9.17) is 9.84 Å². The fraction of sp³-hybridized carbons (Fsp3) is 0.450. The monoisotopic (exact) mass is 342 g/mol. The van der Waals surface area contributed by atoms with E-state index in [1.807, 2.05) is 24.0 Å². The summed E-state index contributed by atoms with van der Waals surface area (Å²) in [6, 6.07) is 13.4. The lowest BCUT2D eigenvalue weighted by atomic mass is 9.85. The summed E-state index contributed by atoms with van der Waals surface area (Å²) >= 11 is 0. The SMILES string of the molecule is CCN(CC(=O)O)C1CC(NCc2cc3ccccc3cc2OC)C1. The quantitative estimate of drug-likeness (QED) is 0.772. The second-order valence-corrected chi connectivity index (χ2v) is 6.67. The molecule has 0 saturated heterocycles. The van der Waals surface area contributed by atoms with E-state index in [0.717, 1.165) is 37.2 Å². The van der Waals surface area contributed by atoms with Crippen molar-refractivity contribution in [2.45, 2.75) is 38.4 Å². The van der Waals surface area contributed by atoms with Crippen LogP contribution < -0.4 is 10.1 Å². The van der Waals surface area contributed by atoms with E-state index in [2.05, 4.69) is 29.6 Å². The first-order valence-corrected chi connectivity index (χ1v) is 8.85. The Morgan fingerprint density at radius 3 is 2.56 bits per heavy atom. The summed E-state index contributed by atoms with van der Waals surface area (Å²) in [5.41, 5.74) is 1.16. The number of nitrogens with zero attached hydrogens (tertiary/aromatic N) is 1. The van der Waals surface area contributed by atoms with Crippen molar-refractivity contribution >= 4 is 16.7 Å². The number of carboxylic acids is 1. The maximum absolute atomic E-state index is 10.9. The van der Waals surface area contributed by atoms with E-state index in [-0.39, 0.29) is 6.54 Å². The van der Waals surface area contributed by atoms with Crippen LogP contribution >= 0.6 is 0 Å². The van der Waals surface area contributed by atoms with Gasteiger partial charge in [-0.25, -0.2) is 0 Å². The number of rotatable bonds is 8. The number of nitrogens with one attached hydrogen (secondary N) is 1. The van der Waals surface area contributed by atoms with E-state index in [1.54, 1.807) is 7.11 Å². The maximum atomic E-state index is 10.9. The lowest BCUT2D eigenvalue weighted by molar-refractivity contribution is -0.139. The predicted octanol–water partition coefficient (Wildman–Crippen LogP) is 2.88. The van der Waals surface area contributed by atoms with Crippen LogP contribution in [0.1, 0.15) is 25.3 Å². The van der Waals surface area contributed by atoms with Crippen LogP contribution in [0.3, 0.4) is 0 Å². The van der Waals surface area contributed by atoms with E-state index >= 15 is 0 Å². The zero-order chi connectivity index (χ0) is 17.8. The van der Waals surface area contributed by atoms with Crippen molar-refractivity contribution in [3.63, 3.8) is 0 Å². The summed E-state index contributed by atoms with van der Waals surface area (Å²) in [6.45, 7) is 3.69. The molecule has 0 radical (unpaired) electrons. The Balaban J connectivity index is 1.58. The summed E-state index contributed by atoms with van der Waals surface area (Å²) in [6.07, 6.45) is 1.99. The fourth-order valence-electron chi connectivity index (χ4n) is 3.57. The van der Waals surface area contributed by atoms with Gasteiger partial charge in [0.1, 0.15) is 5.75 Å². The molecule has 5 heteroatoms. The molecule has 0 spiro atoms. The Kier molecular flexibility index (Phi) is 5.56. The molecule has 134 valence electrons. The van der Waals surface area contributed by atoms with Crippen molar-refractivity contribution in [2.75, 3.05) is 20.2 Å². The van der Waals surface area contributed by atoms with Crippen LogP contribution in [0.2, 0.25) is 0 Å². The number of fused-ring (bicyclic) bond motifs is 1. The Morgan fingerprint density at radius 1 is 1.28 bits per heavy atom. The van der Waals surface area contributed by atoms with Gasteiger partial charge in [-0.3, -0.25) is 9.69 Å². The van der Waals surface area contributed by atoms with Crippen LogP contribution in [0.25, 0.3) is 10.8 Å². The second kappa shape index (κ2) is 7.85. The lowest BCUT2D eigenvalue weighted by Gasteiger charge is -2.42. The van der Waals surface area contributed by atoms with Crippen LogP contribution in [-0.4, -0.2) is 48.3 Å². The Morgan fingerprint density at radius 2 is 1.96 bits per heavy atom. The van der Waals surface area contributed by atoms with Gasteiger partial charge in [-0.1, -0.05) is 31.2 Å². The van der Waals surface area contributed by atoms with Crippen molar-refractivity contribution in [3.8, 4) is 5.75 Å². The number of ether oxygens (including phenoxy) is 1. The summed E-state index contributed by atoms with van der Waals surface area (Å²) in [5.74, 6) is 0.155.